The van der Waals surface area contributed by atoms with Gasteiger partial charge >= 0.3 is 0 Å². The molecule has 0 aliphatic carbocycles. The van der Waals surface area contributed by atoms with Gasteiger partial charge in [0.1, 0.15) is 5.76 Å². The number of amides is 1. The maximum Gasteiger partial charge on any atom is 0.258 e. The van der Waals surface area contributed by atoms with Crippen LogP contribution in [0.25, 0.3) is 0 Å². The first-order valence-electron chi connectivity index (χ1n) is 9.29. The molecule has 0 unspecified atom stereocenters. The maximum absolute atomic E-state index is 13.2. The first kappa shape index (κ1) is 20.8. The van der Waals surface area contributed by atoms with Crippen LogP contribution in [0.5, 0.6) is 0 Å². The van der Waals surface area contributed by atoms with E-state index < -0.39 is 10.0 Å². The summed E-state index contributed by atoms with van der Waals surface area (Å²) in [6.45, 7) is 5.75. The van der Waals surface area contributed by atoms with Crippen LogP contribution >= 0.6 is 0 Å². The van der Waals surface area contributed by atoms with Crippen LogP contribution in [-0.2, 0) is 16.6 Å². The Kier molecular flexibility index (Phi) is 6.20. The van der Waals surface area contributed by atoms with Gasteiger partial charge < -0.3 is 9.32 Å². The molecule has 152 valence electrons. The van der Waals surface area contributed by atoms with Gasteiger partial charge in [0.25, 0.3) is 5.91 Å². The molecule has 1 amide bonds. The van der Waals surface area contributed by atoms with Crippen LogP contribution in [0.15, 0.2) is 76.2 Å². The van der Waals surface area contributed by atoms with E-state index in [9.17, 15) is 13.2 Å². The van der Waals surface area contributed by atoms with Gasteiger partial charge in [0.15, 0.2) is 0 Å². The number of carbonyl (C=O) groups excluding carboxylic acids is 1. The van der Waals surface area contributed by atoms with Crippen molar-refractivity contribution in [2.75, 3.05) is 4.90 Å². The fourth-order valence-electron chi connectivity index (χ4n) is 2.87. The molecule has 3 aromatic rings. The van der Waals surface area contributed by atoms with Gasteiger partial charge in [-0.15, -0.1) is 0 Å². The van der Waals surface area contributed by atoms with Crippen molar-refractivity contribution in [3.63, 3.8) is 0 Å². The van der Waals surface area contributed by atoms with Crippen LogP contribution in [0, 0.1) is 6.92 Å². The highest BCUT2D eigenvalue weighted by molar-refractivity contribution is 7.89. The van der Waals surface area contributed by atoms with Gasteiger partial charge in [-0.25, -0.2) is 13.1 Å². The van der Waals surface area contributed by atoms with Crippen LogP contribution in [0.4, 0.5) is 5.69 Å². The summed E-state index contributed by atoms with van der Waals surface area (Å²) in [4.78, 5) is 14.9. The molecule has 6 nitrogen and oxygen atoms in total. The SMILES string of the molecule is Cc1ccc(N(Cc2ccco2)C(=O)c2ccc(S(=O)(=O)NC(C)C)cc2)cc1. The quantitative estimate of drug-likeness (QED) is 0.633. The molecule has 0 aliphatic rings. The summed E-state index contributed by atoms with van der Waals surface area (Å²) < 4.78 is 32.6. The Morgan fingerprint density at radius 3 is 2.24 bits per heavy atom. The average Bonchev–Trinajstić information content (AvgIpc) is 3.19. The molecule has 2 aromatic carbocycles. The minimum Gasteiger partial charge on any atom is -0.467 e. The predicted molar refractivity (Wildman–Crippen MR) is 112 cm³/mol. The molecule has 0 saturated carbocycles. The van der Waals surface area contributed by atoms with Crippen molar-refractivity contribution in [2.45, 2.75) is 38.3 Å². The molecule has 0 fully saturated rings. The topological polar surface area (TPSA) is 79.6 Å². The summed E-state index contributed by atoms with van der Waals surface area (Å²) in [5.74, 6) is 0.408. The summed E-state index contributed by atoms with van der Waals surface area (Å²) in [5.41, 5.74) is 2.21. The van der Waals surface area contributed by atoms with Gasteiger partial charge in [-0.05, 0) is 69.3 Å². The Balaban J connectivity index is 1.90. The zero-order valence-corrected chi connectivity index (χ0v) is 17.4. The summed E-state index contributed by atoms with van der Waals surface area (Å²) in [7, 11) is -3.61. The molecule has 0 bridgehead atoms. The van der Waals surface area contributed by atoms with Crippen LogP contribution in [0.3, 0.4) is 0 Å². The molecule has 0 spiro atoms. The molecule has 0 aliphatic heterocycles. The van der Waals surface area contributed by atoms with Crippen molar-refractivity contribution in [3.8, 4) is 0 Å². The number of hydrogen-bond acceptors (Lipinski definition) is 4. The van der Waals surface area contributed by atoms with Crippen molar-refractivity contribution in [1.29, 1.82) is 0 Å². The molecule has 0 radical (unpaired) electrons. The molecule has 1 N–H and O–H groups in total. The van der Waals surface area contributed by atoms with Crippen molar-refractivity contribution in [3.05, 3.63) is 83.8 Å². The lowest BCUT2D eigenvalue weighted by molar-refractivity contribution is 0.0983. The number of nitrogens with zero attached hydrogens (tertiary/aromatic N) is 1. The number of rotatable bonds is 7. The zero-order chi connectivity index (χ0) is 21.0. The lowest BCUT2D eigenvalue weighted by atomic mass is 10.1. The van der Waals surface area contributed by atoms with E-state index in [2.05, 4.69) is 4.72 Å². The first-order valence-corrected chi connectivity index (χ1v) is 10.8. The second-order valence-electron chi connectivity index (χ2n) is 7.11. The Morgan fingerprint density at radius 2 is 1.69 bits per heavy atom. The van der Waals surface area contributed by atoms with Crippen LogP contribution in [0.2, 0.25) is 0 Å². The van der Waals surface area contributed by atoms with E-state index in [0.717, 1.165) is 11.3 Å². The number of benzene rings is 2. The third-order valence-electron chi connectivity index (χ3n) is 4.29. The molecule has 0 saturated heterocycles. The second-order valence-corrected chi connectivity index (χ2v) is 8.82. The zero-order valence-electron chi connectivity index (χ0n) is 16.6. The normalized spacial score (nSPS) is 11.6. The fourth-order valence-corrected chi connectivity index (χ4v) is 4.13. The van der Waals surface area contributed by atoms with Crippen LogP contribution in [0.1, 0.15) is 35.5 Å². The van der Waals surface area contributed by atoms with Gasteiger partial charge in [0, 0.05) is 17.3 Å². The van der Waals surface area contributed by atoms with Crippen molar-refractivity contribution in [1.82, 2.24) is 4.72 Å². The van der Waals surface area contributed by atoms with Crippen LogP contribution < -0.4 is 9.62 Å². The van der Waals surface area contributed by atoms with E-state index in [4.69, 9.17) is 4.42 Å². The lowest BCUT2D eigenvalue weighted by Crippen LogP contribution is -2.31. The molecule has 7 heteroatoms. The van der Waals surface area contributed by atoms with Crippen molar-refractivity contribution in [2.24, 2.45) is 0 Å². The van der Waals surface area contributed by atoms with E-state index >= 15 is 0 Å². The van der Waals surface area contributed by atoms with E-state index in [1.165, 1.54) is 24.3 Å². The Morgan fingerprint density at radius 1 is 1.03 bits per heavy atom. The van der Waals surface area contributed by atoms with Crippen LogP contribution in [-0.4, -0.2) is 20.4 Å². The number of anilines is 1. The molecular formula is C22H24N2O4S. The van der Waals surface area contributed by atoms with E-state index in [1.807, 2.05) is 37.3 Å². The molecule has 0 atom stereocenters. The minimum absolute atomic E-state index is 0.121. The highest BCUT2D eigenvalue weighted by Crippen LogP contribution is 2.22. The van der Waals surface area contributed by atoms with E-state index in [1.54, 1.807) is 31.1 Å². The monoisotopic (exact) mass is 412 g/mol. The smallest absolute Gasteiger partial charge is 0.258 e. The van der Waals surface area contributed by atoms with E-state index in [0.29, 0.717) is 11.3 Å². The van der Waals surface area contributed by atoms with Gasteiger partial charge in [-0.3, -0.25) is 4.79 Å². The standard InChI is InChI=1S/C22H24N2O4S/c1-16(2)23-29(26,27)21-12-8-18(9-13-21)22(25)24(15-20-5-4-14-28-20)19-10-6-17(3)7-11-19/h4-14,16,23H,15H2,1-3H3. The van der Waals surface area contributed by atoms with Gasteiger partial charge in [0.2, 0.25) is 10.0 Å². The third kappa shape index (κ3) is 5.13. The number of nitrogens with one attached hydrogen (secondary N) is 1. The Hall–Kier alpha value is -2.90. The number of carbonyl (C=O) groups is 1. The summed E-state index contributed by atoms with van der Waals surface area (Å²) in [5, 5.41) is 0. The number of aryl methyl sites for hydroxylation is 1. The molecule has 29 heavy (non-hydrogen) atoms. The van der Waals surface area contributed by atoms with Crippen molar-refractivity contribution < 1.29 is 17.6 Å². The van der Waals surface area contributed by atoms with Gasteiger partial charge in [0.05, 0.1) is 17.7 Å². The molecule has 1 aromatic heterocycles. The number of sulfonamides is 1. The lowest BCUT2D eigenvalue weighted by Gasteiger charge is -2.22. The maximum atomic E-state index is 13.2. The third-order valence-corrected chi connectivity index (χ3v) is 5.96. The molecule has 1 heterocycles. The predicted octanol–water partition coefficient (Wildman–Crippen LogP) is 4.12. The van der Waals surface area contributed by atoms with Gasteiger partial charge in [-0.2, -0.15) is 0 Å². The van der Waals surface area contributed by atoms with Crippen molar-refractivity contribution >= 4 is 21.6 Å². The largest absolute Gasteiger partial charge is 0.467 e. The van der Waals surface area contributed by atoms with Gasteiger partial charge in [-0.1, -0.05) is 17.7 Å². The Bertz CT molecular complexity index is 1060. The Labute approximate surface area is 171 Å². The summed E-state index contributed by atoms with van der Waals surface area (Å²) >= 11 is 0. The highest BCUT2D eigenvalue weighted by atomic mass is 32.2. The number of furan rings is 1. The second kappa shape index (κ2) is 8.63. The minimum atomic E-state index is -3.61. The summed E-state index contributed by atoms with van der Waals surface area (Å²) in [6.07, 6.45) is 1.56. The fraction of sp³-hybridized carbons (Fsp3) is 0.227. The average molecular weight is 413 g/mol. The van der Waals surface area contributed by atoms with E-state index in [-0.39, 0.29) is 23.4 Å². The molecular weight excluding hydrogens is 388 g/mol. The number of hydrogen-bond donors (Lipinski definition) is 1. The molecule has 3 rings (SSSR count). The highest BCUT2D eigenvalue weighted by Gasteiger charge is 2.21. The first-order chi connectivity index (χ1) is 13.8. The summed E-state index contributed by atoms with van der Waals surface area (Å²) in [6, 6.07) is 16.9.